The average Bonchev–Trinajstić information content (AvgIpc) is 2.45. The van der Waals surface area contributed by atoms with E-state index in [1.54, 1.807) is 0 Å². The maximum atomic E-state index is 11.7. The number of amides is 1. The van der Waals surface area contributed by atoms with Crippen LogP contribution in [0.2, 0.25) is 0 Å². The Morgan fingerprint density at radius 3 is 2.67 bits per heavy atom. The Morgan fingerprint density at radius 2 is 2.00 bits per heavy atom. The van der Waals surface area contributed by atoms with Crippen LogP contribution in [-0.4, -0.2) is 50.4 Å². The Morgan fingerprint density at radius 1 is 1.33 bits per heavy atom. The molecular weight excluding hydrogens is 288 g/mol. The van der Waals surface area contributed by atoms with Gasteiger partial charge >= 0.3 is 0 Å². The standard InChI is InChI=1S/C15H22N2O3S/c1-12(21(2,19)20)15(18)16-8-10-17-9-7-13-5-3-4-6-14(13)11-17/h3-6,12H,7-11H2,1-2H3,(H,16,18). The van der Waals surface area contributed by atoms with Gasteiger partial charge in [0.15, 0.2) is 9.84 Å². The summed E-state index contributed by atoms with van der Waals surface area (Å²) in [5.41, 5.74) is 2.73. The van der Waals surface area contributed by atoms with Gasteiger partial charge < -0.3 is 5.32 Å². The van der Waals surface area contributed by atoms with Gasteiger partial charge in [0.2, 0.25) is 5.91 Å². The lowest BCUT2D eigenvalue weighted by Gasteiger charge is -2.28. The molecule has 1 N–H and O–H groups in total. The highest BCUT2D eigenvalue weighted by Gasteiger charge is 2.23. The zero-order valence-electron chi connectivity index (χ0n) is 12.5. The summed E-state index contributed by atoms with van der Waals surface area (Å²) in [6, 6.07) is 8.38. The van der Waals surface area contributed by atoms with Crippen LogP contribution in [-0.2, 0) is 27.6 Å². The molecule has 0 saturated carbocycles. The van der Waals surface area contributed by atoms with E-state index in [-0.39, 0.29) is 0 Å². The second-order valence-corrected chi connectivity index (χ2v) is 7.92. The second-order valence-electron chi connectivity index (χ2n) is 5.56. The number of hydrogen-bond donors (Lipinski definition) is 1. The molecule has 1 amide bonds. The molecule has 0 saturated heterocycles. The molecule has 0 spiro atoms. The van der Waals surface area contributed by atoms with E-state index < -0.39 is 21.0 Å². The average molecular weight is 310 g/mol. The maximum Gasteiger partial charge on any atom is 0.238 e. The normalized spacial score (nSPS) is 17.0. The summed E-state index contributed by atoms with van der Waals surface area (Å²) in [6.45, 7) is 4.47. The second kappa shape index (κ2) is 6.58. The lowest BCUT2D eigenvalue weighted by molar-refractivity contribution is -0.120. The summed E-state index contributed by atoms with van der Waals surface area (Å²) in [6.07, 6.45) is 2.10. The van der Waals surface area contributed by atoms with Crippen molar-refractivity contribution in [2.24, 2.45) is 0 Å². The molecule has 21 heavy (non-hydrogen) atoms. The minimum Gasteiger partial charge on any atom is -0.354 e. The van der Waals surface area contributed by atoms with Crippen LogP contribution in [0, 0.1) is 0 Å². The zero-order chi connectivity index (χ0) is 15.5. The van der Waals surface area contributed by atoms with Crippen LogP contribution < -0.4 is 5.32 Å². The number of sulfone groups is 1. The van der Waals surface area contributed by atoms with Gasteiger partial charge in [-0.15, -0.1) is 0 Å². The first-order valence-corrected chi connectivity index (χ1v) is 9.09. The van der Waals surface area contributed by atoms with Crippen molar-refractivity contribution >= 4 is 15.7 Å². The lowest BCUT2D eigenvalue weighted by Crippen LogP contribution is -2.42. The topological polar surface area (TPSA) is 66.5 Å². The molecule has 6 heteroatoms. The highest BCUT2D eigenvalue weighted by molar-refractivity contribution is 7.92. The minimum atomic E-state index is -3.32. The Bertz CT molecular complexity index is 613. The van der Waals surface area contributed by atoms with E-state index in [9.17, 15) is 13.2 Å². The van der Waals surface area contributed by atoms with E-state index in [1.807, 2.05) is 6.07 Å². The van der Waals surface area contributed by atoms with Crippen LogP contribution in [0.25, 0.3) is 0 Å². The molecule has 1 aliphatic heterocycles. The predicted molar refractivity (Wildman–Crippen MR) is 82.7 cm³/mol. The van der Waals surface area contributed by atoms with Gasteiger partial charge in [-0.1, -0.05) is 24.3 Å². The van der Waals surface area contributed by atoms with Gasteiger partial charge in [0.25, 0.3) is 0 Å². The molecule has 1 aromatic rings. The molecule has 116 valence electrons. The van der Waals surface area contributed by atoms with Crippen molar-refractivity contribution in [3.05, 3.63) is 35.4 Å². The summed E-state index contributed by atoms with van der Waals surface area (Å²) in [7, 11) is -3.32. The van der Waals surface area contributed by atoms with Crippen molar-refractivity contribution in [1.82, 2.24) is 10.2 Å². The third-order valence-electron chi connectivity index (χ3n) is 3.95. The van der Waals surface area contributed by atoms with Gasteiger partial charge in [-0.05, 0) is 24.5 Å². The number of fused-ring (bicyclic) bond motifs is 1. The number of rotatable bonds is 5. The van der Waals surface area contributed by atoms with Gasteiger partial charge in [-0.25, -0.2) is 8.42 Å². The number of carbonyl (C=O) groups is 1. The van der Waals surface area contributed by atoms with Crippen LogP contribution >= 0.6 is 0 Å². The molecule has 0 fully saturated rings. The fraction of sp³-hybridized carbons (Fsp3) is 0.533. The summed E-state index contributed by atoms with van der Waals surface area (Å²) in [5, 5.41) is 1.71. The molecular formula is C15H22N2O3S. The molecule has 5 nitrogen and oxygen atoms in total. The van der Waals surface area contributed by atoms with Crippen LogP contribution in [0.1, 0.15) is 18.1 Å². The van der Waals surface area contributed by atoms with Crippen molar-refractivity contribution < 1.29 is 13.2 Å². The number of hydrogen-bond acceptors (Lipinski definition) is 4. The largest absolute Gasteiger partial charge is 0.354 e. The van der Waals surface area contributed by atoms with Gasteiger partial charge in [0, 0.05) is 32.4 Å². The number of nitrogens with one attached hydrogen (secondary N) is 1. The quantitative estimate of drug-likeness (QED) is 0.864. The molecule has 1 aromatic carbocycles. The van der Waals surface area contributed by atoms with Gasteiger partial charge in [0.1, 0.15) is 5.25 Å². The highest BCUT2D eigenvalue weighted by Crippen LogP contribution is 2.17. The SMILES string of the molecule is CC(C(=O)NCCN1CCc2ccccc2C1)S(C)(=O)=O. The summed E-state index contributed by atoms with van der Waals surface area (Å²) in [5.74, 6) is -0.421. The molecule has 0 aliphatic carbocycles. The molecule has 0 aromatic heterocycles. The predicted octanol–water partition coefficient (Wildman–Crippen LogP) is 0.594. The van der Waals surface area contributed by atoms with E-state index in [1.165, 1.54) is 18.1 Å². The first-order chi connectivity index (χ1) is 9.88. The van der Waals surface area contributed by atoms with Gasteiger partial charge in [0.05, 0.1) is 0 Å². The van der Waals surface area contributed by atoms with E-state index in [2.05, 4.69) is 28.4 Å². The maximum absolute atomic E-state index is 11.7. The lowest BCUT2D eigenvalue weighted by atomic mass is 10.00. The number of nitrogens with zero attached hydrogens (tertiary/aromatic N) is 1. The monoisotopic (exact) mass is 310 g/mol. The smallest absolute Gasteiger partial charge is 0.238 e. The van der Waals surface area contributed by atoms with E-state index in [0.717, 1.165) is 32.3 Å². The first kappa shape index (κ1) is 16.0. The molecule has 0 bridgehead atoms. The Kier molecular flexibility index (Phi) is 5.00. The fourth-order valence-corrected chi connectivity index (χ4v) is 2.89. The van der Waals surface area contributed by atoms with Crippen molar-refractivity contribution in [1.29, 1.82) is 0 Å². The van der Waals surface area contributed by atoms with Crippen molar-refractivity contribution in [2.45, 2.75) is 25.1 Å². The Labute approximate surface area is 126 Å². The van der Waals surface area contributed by atoms with Crippen LogP contribution in [0.4, 0.5) is 0 Å². The summed E-state index contributed by atoms with van der Waals surface area (Å²) < 4.78 is 22.6. The van der Waals surface area contributed by atoms with E-state index in [4.69, 9.17) is 0 Å². The molecule has 0 radical (unpaired) electrons. The van der Waals surface area contributed by atoms with Crippen LogP contribution in [0.15, 0.2) is 24.3 Å². The molecule has 1 aliphatic rings. The highest BCUT2D eigenvalue weighted by atomic mass is 32.2. The minimum absolute atomic E-state index is 0.421. The van der Waals surface area contributed by atoms with Gasteiger partial charge in [-0.3, -0.25) is 9.69 Å². The van der Waals surface area contributed by atoms with Crippen molar-refractivity contribution in [3.8, 4) is 0 Å². The van der Waals surface area contributed by atoms with Gasteiger partial charge in [-0.2, -0.15) is 0 Å². The molecule has 1 heterocycles. The fourth-order valence-electron chi connectivity index (χ4n) is 2.42. The van der Waals surface area contributed by atoms with Crippen LogP contribution in [0.3, 0.4) is 0 Å². The van der Waals surface area contributed by atoms with Crippen molar-refractivity contribution in [3.63, 3.8) is 0 Å². The Balaban J connectivity index is 1.79. The molecule has 1 atom stereocenters. The summed E-state index contributed by atoms with van der Waals surface area (Å²) in [4.78, 5) is 14.0. The number of carbonyl (C=O) groups excluding carboxylic acids is 1. The third-order valence-corrected chi connectivity index (χ3v) is 5.45. The zero-order valence-corrected chi connectivity index (χ0v) is 13.3. The third kappa shape index (κ3) is 4.28. The molecule has 1 unspecified atom stereocenters. The van der Waals surface area contributed by atoms with E-state index in [0.29, 0.717) is 6.54 Å². The Hall–Kier alpha value is -1.40. The number of benzene rings is 1. The van der Waals surface area contributed by atoms with E-state index >= 15 is 0 Å². The molecule has 2 rings (SSSR count). The van der Waals surface area contributed by atoms with Crippen molar-refractivity contribution in [2.75, 3.05) is 25.9 Å². The van der Waals surface area contributed by atoms with Crippen LogP contribution in [0.5, 0.6) is 0 Å². The first-order valence-electron chi connectivity index (χ1n) is 7.13. The summed E-state index contributed by atoms with van der Waals surface area (Å²) >= 11 is 0.